The van der Waals surface area contributed by atoms with E-state index >= 15 is 0 Å². The summed E-state index contributed by atoms with van der Waals surface area (Å²) in [5.74, 6) is -0.908. The number of thiocarbonyl (C=S) groups is 1. The van der Waals surface area contributed by atoms with Crippen LogP contribution >= 0.6 is 24.0 Å². The molecular weight excluding hydrogens is 354 g/mol. The highest BCUT2D eigenvalue weighted by atomic mass is 32.2. The van der Waals surface area contributed by atoms with E-state index in [1.54, 1.807) is 4.90 Å². The summed E-state index contributed by atoms with van der Waals surface area (Å²) >= 11 is 6.60. The Morgan fingerprint density at radius 2 is 1.88 bits per heavy atom. The number of hydrogen-bond donors (Lipinski definition) is 1. The van der Waals surface area contributed by atoms with Gasteiger partial charge in [0.1, 0.15) is 4.32 Å². The molecule has 1 fully saturated rings. The highest BCUT2D eigenvalue weighted by molar-refractivity contribution is 8.26. The Hall–Kier alpha value is -1.66. The highest BCUT2D eigenvalue weighted by Gasteiger charge is 2.31. The minimum absolute atomic E-state index is 0.0924. The third-order valence-electron chi connectivity index (χ3n) is 3.97. The van der Waals surface area contributed by atoms with Gasteiger partial charge in [0.05, 0.1) is 4.91 Å². The second kappa shape index (κ2) is 8.15. The molecule has 134 valence electrons. The minimum atomic E-state index is -0.816. The summed E-state index contributed by atoms with van der Waals surface area (Å²) in [4.78, 5) is 25.2. The van der Waals surface area contributed by atoms with Crippen LogP contribution in [0.15, 0.2) is 29.2 Å². The van der Waals surface area contributed by atoms with E-state index in [2.05, 4.69) is 32.9 Å². The summed E-state index contributed by atoms with van der Waals surface area (Å²) in [7, 11) is 0. The number of benzene rings is 1. The summed E-state index contributed by atoms with van der Waals surface area (Å²) in [6, 6.07) is 8.19. The van der Waals surface area contributed by atoms with Gasteiger partial charge < -0.3 is 5.11 Å². The fourth-order valence-corrected chi connectivity index (χ4v) is 3.78. The number of carbonyl (C=O) groups excluding carboxylic acids is 1. The Morgan fingerprint density at radius 3 is 2.44 bits per heavy atom. The molecule has 1 aliphatic rings. The van der Waals surface area contributed by atoms with Gasteiger partial charge in [-0.15, -0.1) is 0 Å². The van der Waals surface area contributed by atoms with Crippen molar-refractivity contribution in [1.82, 2.24) is 4.90 Å². The largest absolute Gasteiger partial charge is 0.481 e. The van der Waals surface area contributed by atoms with E-state index in [9.17, 15) is 9.59 Å². The number of thioether (sulfide) groups is 1. The molecule has 0 radical (unpaired) electrons. The van der Waals surface area contributed by atoms with Crippen LogP contribution < -0.4 is 0 Å². The van der Waals surface area contributed by atoms with Gasteiger partial charge >= 0.3 is 5.97 Å². The van der Waals surface area contributed by atoms with E-state index in [0.717, 1.165) is 5.56 Å². The van der Waals surface area contributed by atoms with Gasteiger partial charge in [-0.1, -0.05) is 69.0 Å². The van der Waals surface area contributed by atoms with E-state index < -0.39 is 5.97 Å². The van der Waals surface area contributed by atoms with E-state index in [-0.39, 0.29) is 17.7 Å². The molecule has 1 aromatic rings. The number of hydrogen-bond acceptors (Lipinski definition) is 4. The number of carboxylic acid groups (broad SMARTS) is 1. The van der Waals surface area contributed by atoms with Crippen molar-refractivity contribution < 1.29 is 14.7 Å². The molecule has 0 unspecified atom stereocenters. The van der Waals surface area contributed by atoms with Crippen molar-refractivity contribution >= 4 is 46.3 Å². The molecule has 1 amide bonds. The van der Waals surface area contributed by atoms with Gasteiger partial charge in [0.15, 0.2) is 0 Å². The van der Waals surface area contributed by atoms with Gasteiger partial charge in [-0.25, -0.2) is 0 Å². The van der Waals surface area contributed by atoms with Crippen molar-refractivity contribution in [2.75, 3.05) is 6.54 Å². The third kappa shape index (κ3) is 5.41. The maximum absolute atomic E-state index is 12.5. The molecule has 1 N–H and O–H groups in total. The van der Waals surface area contributed by atoms with Crippen LogP contribution in [0.5, 0.6) is 0 Å². The van der Waals surface area contributed by atoms with Crippen LogP contribution in [0.2, 0.25) is 0 Å². The molecule has 1 aliphatic heterocycles. The minimum Gasteiger partial charge on any atom is -0.481 e. The topological polar surface area (TPSA) is 57.6 Å². The van der Waals surface area contributed by atoms with Gasteiger partial charge in [0, 0.05) is 13.0 Å². The molecular formula is C19H23NO3S2. The molecule has 1 aromatic carbocycles. The molecule has 1 saturated heterocycles. The molecule has 0 spiro atoms. The van der Waals surface area contributed by atoms with Crippen LogP contribution in [0.3, 0.4) is 0 Å². The molecule has 0 atom stereocenters. The predicted molar refractivity (Wildman–Crippen MR) is 107 cm³/mol. The summed E-state index contributed by atoms with van der Waals surface area (Å²) < 4.78 is 0.540. The molecule has 6 heteroatoms. The first-order valence-corrected chi connectivity index (χ1v) is 9.48. The number of carboxylic acids is 1. The predicted octanol–water partition coefficient (Wildman–Crippen LogP) is 4.44. The van der Waals surface area contributed by atoms with Crippen molar-refractivity contribution in [2.24, 2.45) is 0 Å². The maximum atomic E-state index is 12.5. The average Bonchev–Trinajstić information content (AvgIpc) is 2.78. The summed E-state index contributed by atoms with van der Waals surface area (Å²) in [6.07, 6.45) is 3.15. The quantitative estimate of drug-likeness (QED) is 0.451. The lowest BCUT2D eigenvalue weighted by Gasteiger charge is -2.18. The number of unbranched alkanes of at least 4 members (excludes halogenated alkanes) is 1. The fraction of sp³-hybridized carbons (Fsp3) is 0.421. The average molecular weight is 378 g/mol. The molecule has 2 rings (SSSR count). The first kappa shape index (κ1) is 19.7. The highest BCUT2D eigenvalue weighted by Crippen LogP contribution is 2.33. The van der Waals surface area contributed by atoms with Crippen molar-refractivity contribution in [3.63, 3.8) is 0 Å². The zero-order valence-corrected chi connectivity index (χ0v) is 16.4. The number of rotatable bonds is 6. The molecule has 25 heavy (non-hydrogen) atoms. The lowest BCUT2D eigenvalue weighted by atomic mass is 9.87. The van der Waals surface area contributed by atoms with Gasteiger partial charge in [0.25, 0.3) is 5.91 Å². The van der Waals surface area contributed by atoms with Crippen molar-refractivity contribution in [1.29, 1.82) is 0 Å². The van der Waals surface area contributed by atoms with Crippen LogP contribution in [0.1, 0.15) is 51.2 Å². The zero-order valence-electron chi connectivity index (χ0n) is 14.7. The Bertz CT molecular complexity index is 702. The Balaban J connectivity index is 2.03. The Kier molecular flexibility index (Phi) is 6.41. The second-order valence-electron chi connectivity index (χ2n) is 7.06. The maximum Gasteiger partial charge on any atom is 0.303 e. The zero-order chi connectivity index (χ0) is 18.6. The van der Waals surface area contributed by atoms with Crippen LogP contribution in [0.4, 0.5) is 0 Å². The summed E-state index contributed by atoms with van der Waals surface area (Å²) in [5, 5.41) is 8.67. The molecule has 0 aliphatic carbocycles. The number of aliphatic carboxylic acids is 1. The number of amides is 1. The van der Waals surface area contributed by atoms with Gasteiger partial charge in [-0.05, 0) is 35.5 Å². The summed E-state index contributed by atoms with van der Waals surface area (Å²) in [6.45, 7) is 6.96. The first-order chi connectivity index (χ1) is 11.7. The van der Waals surface area contributed by atoms with Crippen LogP contribution in [0.25, 0.3) is 6.08 Å². The van der Waals surface area contributed by atoms with E-state index in [1.165, 1.54) is 17.3 Å². The molecule has 0 saturated carbocycles. The van der Waals surface area contributed by atoms with E-state index in [4.69, 9.17) is 17.3 Å². The lowest BCUT2D eigenvalue weighted by molar-refractivity contribution is -0.137. The molecule has 0 aromatic heterocycles. The van der Waals surface area contributed by atoms with Gasteiger partial charge in [-0.2, -0.15) is 0 Å². The number of carbonyl (C=O) groups is 2. The normalized spacial score (nSPS) is 16.8. The van der Waals surface area contributed by atoms with E-state index in [0.29, 0.717) is 28.6 Å². The smallest absolute Gasteiger partial charge is 0.303 e. The third-order valence-corrected chi connectivity index (χ3v) is 5.35. The van der Waals surface area contributed by atoms with Crippen molar-refractivity contribution in [2.45, 2.75) is 45.4 Å². The molecule has 0 bridgehead atoms. The van der Waals surface area contributed by atoms with Crippen LogP contribution in [0, 0.1) is 0 Å². The Morgan fingerprint density at radius 1 is 1.24 bits per heavy atom. The first-order valence-electron chi connectivity index (χ1n) is 8.26. The van der Waals surface area contributed by atoms with Crippen LogP contribution in [-0.2, 0) is 15.0 Å². The van der Waals surface area contributed by atoms with E-state index in [1.807, 2.05) is 18.2 Å². The Labute approximate surface area is 158 Å². The lowest BCUT2D eigenvalue weighted by Crippen LogP contribution is -2.29. The molecule has 4 nitrogen and oxygen atoms in total. The van der Waals surface area contributed by atoms with Gasteiger partial charge in [0.2, 0.25) is 0 Å². The number of nitrogens with zero attached hydrogens (tertiary/aromatic N) is 1. The molecule has 1 heterocycles. The van der Waals surface area contributed by atoms with Crippen LogP contribution in [-0.4, -0.2) is 32.7 Å². The van der Waals surface area contributed by atoms with Crippen molar-refractivity contribution in [3.05, 3.63) is 40.3 Å². The van der Waals surface area contributed by atoms with Crippen molar-refractivity contribution in [3.8, 4) is 0 Å². The fourth-order valence-electron chi connectivity index (χ4n) is 2.47. The SMILES string of the molecule is CC(C)(C)c1ccc(/C=C2\SC(=S)N(CCCCC(=O)O)C2=O)cc1. The standard InChI is InChI=1S/C19H23NO3S2/c1-19(2,3)14-9-7-13(8-10-14)12-15-17(23)20(18(24)25-15)11-5-4-6-16(21)22/h7-10,12H,4-6,11H2,1-3H3,(H,21,22)/b15-12-. The summed E-state index contributed by atoms with van der Waals surface area (Å²) in [5.41, 5.74) is 2.31. The second-order valence-corrected chi connectivity index (χ2v) is 8.73. The monoisotopic (exact) mass is 377 g/mol. The van der Waals surface area contributed by atoms with Gasteiger partial charge in [-0.3, -0.25) is 14.5 Å².